The molecule has 1 heteroatoms. The molecule has 1 heterocycles. The third-order valence-corrected chi connectivity index (χ3v) is 2.82. The number of hydrogen-bond donors (Lipinski definition) is 1. The molecule has 62 valence electrons. The smallest absolute Gasteiger partial charge is 0.00172 e. The number of allylic oxidation sites excluding steroid dienone is 1. The lowest BCUT2D eigenvalue weighted by molar-refractivity contribution is 0.675. The summed E-state index contributed by atoms with van der Waals surface area (Å²) in [6.07, 6.45) is 6.74. The van der Waals surface area contributed by atoms with Crippen LogP contribution in [-0.4, -0.2) is 13.1 Å². The van der Waals surface area contributed by atoms with Crippen molar-refractivity contribution in [2.75, 3.05) is 13.1 Å². The summed E-state index contributed by atoms with van der Waals surface area (Å²) >= 11 is 0. The van der Waals surface area contributed by atoms with Crippen LogP contribution in [0.4, 0.5) is 0 Å². The van der Waals surface area contributed by atoms with Crippen molar-refractivity contribution in [3.8, 4) is 0 Å². The van der Waals surface area contributed by atoms with E-state index in [0.717, 1.165) is 11.8 Å². The fourth-order valence-electron chi connectivity index (χ4n) is 1.81. The van der Waals surface area contributed by atoms with Crippen LogP contribution < -0.4 is 5.32 Å². The second-order valence-corrected chi connectivity index (χ2v) is 3.94. The van der Waals surface area contributed by atoms with Crippen LogP contribution in [0.5, 0.6) is 0 Å². The zero-order valence-electron chi connectivity index (χ0n) is 7.27. The van der Waals surface area contributed by atoms with Gasteiger partial charge in [0.25, 0.3) is 0 Å². The molecule has 1 saturated heterocycles. The van der Waals surface area contributed by atoms with E-state index in [1.54, 1.807) is 5.57 Å². The first-order valence-corrected chi connectivity index (χ1v) is 4.75. The van der Waals surface area contributed by atoms with Gasteiger partial charge in [-0.3, -0.25) is 0 Å². The number of hydrogen-bond acceptors (Lipinski definition) is 1. The molecule has 0 radical (unpaired) electrons. The van der Waals surface area contributed by atoms with Crippen LogP contribution in [0.15, 0.2) is 11.6 Å². The van der Waals surface area contributed by atoms with Gasteiger partial charge in [-0.15, -0.1) is 0 Å². The summed E-state index contributed by atoms with van der Waals surface area (Å²) in [5, 5.41) is 3.41. The maximum absolute atomic E-state index is 3.41. The Labute approximate surface area is 68.9 Å². The third kappa shape index (κ3) is 1.84. The molecule has 2 fully saturated rings. The number of rotatable bonds is 2. The van der Waals surface area contributed by atoms with Gasteiger partial charge in [-0.25, -0.2) is 0 Å². The molecule has 1 atom stereocenters. The predicted molar refractivity (Wildman–Crippen MR) is 47.5 cm³/mol. The second kappa shape index (κ2) is 2.98. The second-order valence-electron chi connectivity index (χ2n) is 3.94. The molecular formula is C10H17N. The monoisotopic (exact) mass is 151 g/mol. The van der Waals surface area contributed by atoms with E-state index in [-0.39, 0.29) is 0 Å². The van der Waals surface area contributed by atoms with Crippen LogP contribution in [0, 0.1) is 11.8 Å². The van der Waals surface area contributed by atoms with Crippen molar-refractivity contribution >= 4 is 0 Å². The van der Waals surface area contributed by atoms with Gasteiger partial charge in [-0.05, 0) is 44.6 Å². The van der Waals surface area contributed by atoms with Gasteiger partial charge in [-0.2, -0.15) is 0 Å². The summed E-state index contributed by atoms with van der Waals surface area (Å²) in [6.45, 7) is 4.74. The van der Waals surface area contributed by atoms with Gasteiger partial charge < -0.3 is 5.32 Å². The zero-order valence-corrected chi connectivity index (χ0v) is 7.27. The quantitative estimate of drug-likeness (QED) is 0.595. The van der Waals surface area contributed by atoms with Crippen LogP contribution >= 0.6 is 0 Å². The van der Waals surface area contributed by atoms with Gasteiger partial charge >= 0.3 is 0 Å². The molecule has 2 aliphatic rings. The Balaban J connectivity index is 1.90. The molecule has 0 spiro atoms. The first-order chi connectivity index (χ1) is 5.36. The average Bonchev–Trinajstić information content (AvgIpc) is 2.67. The lowest BCUT2D eigenvalue weighted by Gasteiger charge is -2.07. The normalized spacial score (nSPS) is 32.8. The van der Waals surface area contributed by atoms with E-state index in [4.69, 9.17) is 0 Å². The largest absolute Gasteiger partial charge is 0.316 e. The van der Waals surface area contributed by atoms with Crippen LogP contribution in [0.2, 0.25) is 0 Å². The van der Waals surface area contributed by atoms with Gasteiger partial charge in [0.2, 0.25) is 0 Å². The molecule has 1 N–H and O–H groups in total. The van der Waals surface area contributed by atoms with Crippen molar-refractivity contribution < 1.29 is 0 Å². The Hall–Kier alpha value is -0.300. The Kier molecular flexibility index (Phi) is 1.99. The molecule has 11 heavy (non-hydrogen) atoms. The van der Waals surface area contributed by atoms with E-state index >= 15 is 0 Å². The topological polar surface area (TPSA) is 12.0 Å². The Morgan fingerprint density at radius 2 is 2.18 bits per heavy atom. The van der Waals surface area contributed by atoms with E-state index in [0.29, 0.717) is 0 Å². The van der Waals surface area contributed by atoms with E-state index in [1.165, 1.54) is 32.4 Å². The maximum Gasteiger partial charge on any atom is 0.00172 e. The zero-order chi connectivity index (χ0) is 7.68. The molecule has 1 aliphatic heterocycles. The van der Waals surface area contributed by atoms with Crippen molar-refractivity contribution in [3.05, 3.63) is 11.6 Å². The summed E-state index contributed by atoms with van der Waals surface area (Å²) in [4.78, 5) is 0. The summed E-state index contributed by atoms with van der Waals surface area (Å²) in [5.74, 6) is 1.81. The molecule has 0 amide bonds. The van der Waals surface area contributed by atoms with E-state index < -0.39 is 0 Å². The minimum absolute atomic E-state index is 0.857. The van der Waals surface area contributed by atoms with Crippen molar-refractivity contribution in [1.29, 1.82) is 0 Å². The standard InChI is InChI=1S/C10H17N/c1-8(6-9-2-3-9)10-4-5-11-7-10/h6,9-11H,2-5,7H2,1H3/b8-6-. The van der Waals surface area contributed by atoms with Crippen LogP contribution in [-0.2, 0) is 0 Å². The molecule has 1 saturated carbocycles. The summed E-state index contributed by atoms with van der Waals surface area (Å²) < 4.78 is 0. The molecule has 0 aromatic rings. The van der Waals surface area contributed by atoms with E-state index in [2.05, 4.69) is 18.3 Å². The molecule has 0 aromatic heterocycles. The predicted octanol–water partition coefficient (Wildman–Crippen LogP) is 1.95. The van der Waals surface area contributed by atoms with Gasteiger partial charge in [0.15, 0.2) is 0 Å². The van der Waals surface area contributed by atoms with Gasteiger partial charge in [0, 0.05) is 6.54 Å². The minimum atomic E-state index is 0.857. The van der Waals surface area contributed by atoms with E-state index in [1.807, 2.05) is 0 Å². The van der Waals surface area contributed by atoms with Gasteiger partial charge in [-0.1, -0.05) is 11.6 Å². The molecule has 1 unspecified atom stereocenters. The Morgan fingerprint density at radius 3 is 2.73 bits per heavy atom. The third-order valence-electron chi connectivity index (χ3n) is 2.82. The van der Waals surface area contributed by atoms with Crippen molar-refractivity contribution in [1.82, 2.24) is 5.32 Å². The molecule has 0 bridgehead atoms. The first kappa shape index (κ1) is 7.35. The average molecular weight is 151 g/mol. The summed E-state index contributed by atoms with van der Waals surface area (Å²) in [6, 6.07) is 0. The van der Waals surface area contributed by atoms with Gasteiger partial charge in [0.05, 0.1) is 0 Å². The summed E-state index contributed by atoms with van der Waals surface area (Å²) in [5.41, 5.74) is 1.64. The van der Waals surface area contributed by atoms with Crippen molar-refractivity contribution in [3.63, 3.8) is 0 Å². The molecule has 2 rings (SSSR count). The lowest BCUT2D eigenvalue weighted by atomic mass is 9.99. The molecule has 1 aliphatic carbocycles. The first-order valence-electron chi connectivity index (χ1n) is 4.75. The van der Waals surface area contributed by atoms with Crippen molar-refractivity contribution in [2.24, 2.45) is 11.8 Å². The lowest BCUT2D eigenvalue weighted by Crippen LogP contribution is -2.09. The van der Waals surface area contributed by atoms with Crippen molar-refractivity contribution in [2.45, 2.75) is 26.2 Å². The fraction of sp³-hybridized carbons (Fsp3) is 0.800. The summed E-state index contributed by atoms with van der Waals surface area (Å²) in [7, 11) is 0. The van der Waals surface area contributed by atoms with Crippen LogP contribution in [0.1, 0.15) is 26.2 Å². The molecule has 1 nitrogen and oxygen atoms in total. The molecule has 0 aromatic carbocycles. The Bertz CT molecular complexity index is 162. The van der Waals surface area contributed by atoms with Crippen LogP contribution in [0.3, 0.4) is 0 Å². The maximum atomic E-state index is 3.41. The highest BCUT2D eigenvalue weighted by Gasteiger charge is 2.22. The van der Waals surface area contributed by atoms with E-state index in [9.17, 15) is 0 Å². The van der Waals surface area contributed by atoms with Gasteiger partial charge in [0.1, 0.15) is 0 Å². The highest BCUT2D eigenvalue weighted by molar-refractivity contribution is 5.10. The highest BCUT2D eigenvalue weighted by atomic mass is 14.9. The Morgan fingerprint density at radius 1 is 1.36 bits per heavy atom. The number of nitrogens with one attached hydrogen (secondary N) is 1. The molecular weight excluding hydrogens is 134 g/mol. The van der Waals surface area contributed by atoms with Crippen LogP contribution in [0.25, 0.3) is 0 Å². The highest BCUT2D eigenvalue weighted by Crippen LogP contribution is 2.33. The fourth-order valence-corrected chi connectivity index (χ4v) is 1.81. The SMILES string of the molecule is C/C(=C/C1CC1)C1CCNC1. The minimum Gasteiger partial charge on any atom is -0.316 e.